The van der Waals surface area contributed by atoms with Crippen LogP contribution in [0, 0.1) is 0 Å². The highest BCUT2D eigenvalue weighted by Gasteiger charge is 2.16. The summed E-state index contributed by atoms with van der Waals surface area (Å²) >= 11 is 0. The van der Waals surface area contributed by atoms with Crippen molar-refractivity contribution in [1.29, 1.82) is 0 Å². The fraction of sp³-hybridized carbons (Fsp3) is 0.333. The number of carbonyl (C=O) groups excluding carboxylic acids is 1. The summed E-state index contributed by atoms with van der Waals surface area (Å²) in [6.07, 6.45) is 0.922. The molecule has 5 nitrogen and oxygen atoms in total. The van der Waals surface area contributed by atoms with E-state index in [1.807, 2.05) is 48.5 Å². The number of amides is 1. The minimum Gasteiger partial charge on any atom is -0.497 e. The Morgan fingerprint density at radius 3 is 2.15 bits per heavy atom. The van der Waals surface area contributed by atoms with Crippen LogP contribution in [0.3, 0.4) is 0 Å². The van der Waals surface area contributed by atoms with E-state index in [0.29, 0.717) is 5.75 Å². The van der Waals surface area contributed by atoms with E-state index in [1.54, 1.807) is 20.2 Å². The summed E-state index contributed by atoms with van der Waals surface area (Å²) < 4.78 is 10.8. The van der Waals surface area contributed by atoms with Crippen LogP contribution >= 0.6 is 0 Å². The Labute approximate surface area is 155 Å². The highest BCUT2D eigenvalue weighted by molar-refractivity contribution is 5.84. The summed E-state index contributed by atoms with van der Waals surface area (Å²) in [5, 5.41) is 3.96. The Bertz CT molecular complexity index is 744. The van der Waals surface area contributed by atoms with E-state index >= 15 is 0 Å². The molecule has 2 aromatic carbocycles. The van der Waals surface area contributed by atoms with Crippen molar-refractivity contribution in [2.75, 3.05) is 7.11 Å². The zero-order valence-corrected chi connectivity index (χ0v) is 15.9. The molecular weight excluding hydrogens is 328 g/mol. The number of nitrogens with one attached hydrogen (secondary N) is 1. The van der Waals surface area contributed by atoms with Gasteiger partial charge in [0.1, 0.15) is 11.5 Å². The molecule has 26 heavy (non-hydrogen) atoms. The van der Waals surface area contributed by atoms with Crippen LogP contribution in [-0.4, -0.2) is 25.3 Å². The Balaban J connectivity index is 1.87. The van der Waals surface area contributed by atoms with Crippen molar-refractivity contribution in [2.45, 2.75) is 39.2 Å². The average molecular weight is 354 g/mol. The lowest BCUT2D eigenvalue weighted by molar-refractivity contribution is -0.127. The third kappa shape index (κ3) is 5.62. The van der Waals surface area contributed by atoms with Crippen LogP contribution in [0.15, 0.2) is 53.6 Å². The first-order chi connectivity index (χ1) is 12.3. The van der Waals surface area contributed by atoms with E-state index in [4.69, 9.17) is 9.47 Å². The smallest absolute Gasteiger partial charge is 0.280 e. The van der Waals surface area contributed by atoms with Gasteiger partial charge in [0.15, 0.2) is 6.10 Å². The van der Waals surface area contributed by atoms with Gasteiger partial charge in [-0.3, -0.25) is 4.79 Å². The zero-order valence-electron chi connectivity index (χ0n) is 15.9. The standard InChI is InChI=1S/C21H26N2O3/c1-15(26-19-12-8-17(9-13-19)21(2,3)4)20(24)23-22-14-16-6-10-18(25-5)11-7-16/h6-15H,1-5H3,(H,23,24)/b22-14+. The second-order valence-electron chi connectivity index (χ2n) is 7.04. The van der Waals surface area contributed by atoms with Crippen LogP contribution < -0.4 is 14.9 Å². The molecule has 1 N–H and O–H groups in total. The number of ether oxygens (including phenoxy) is 2. The van der Waals surface area contributed by atoms with Gasteiger partial charge < -0.3 is 9.47 Å². The maximum Gasteiger partial charge on any atom is 0.280 e. The fourth-order valence-electron chi connectivity index (χ4n) is 2.24. The molecule has 0 aliphatic rings. The Morgan fingerprint density at radius 1 is 1.04 bits per heavy atom. The Kier molecular flexibility index (Phi) is 6.39. The minimum absolute atomic E-state index is 0.0810. The van der Waals surface area contributed by atoms with Gasteiger partial charge in [-0.2, -0.15) is 5.10 Å². The van der Waals surface area contributed by atoms with Gasteiger partial charge >= 0.3 is 0 Å². The highest BCUT2D eigenvalue weighted by atomic mass is 16.5. The van der Waals surface area contributed by atoms with Crippen molar-refractivity contribution < 1.29 is 14.3 Å². The number of rotatable bonds is 6. The highest BCUT2D eigenvalue weighted by Crippen LogP contribution is 2.24. The molecule has 2 aromatic rings. The SMILES string of the molecule is COc1ccc(/C=N/NC(=O)C(C)Oc2ccc(C(C)(C)C)cc2)cc1. The summed E-state index contributed by atoms with van der Waals surface area (Å²) in [4.78, 5) is 12.1. The lowest BCUT2D eigenvalue weighted by Crippen LogP contribution is -2.33. The number of hydrogen-bond acceptors (Lipinski definition) is 4. The first-order valence-electron chi connectivity index (χ1n) is 8.54. The number of nitrogens with zero attached hydrogens (tertiary/aromatic N) is 1. The van der Waals surface area contributed by atoms with Crippen molar-refractivity contribution in [1.82, 2.24) is 5.43 Å². The van der Waals surface area contributed by atoms with Crippen LogP contribution in [0.25, 0.3) is 0 Å². The first kappa shape index (κ1) is 19.5. The van der Waals surface area contributed by atoms with Gasteiger partial charge in [-0.15, -0.1) is 0 Å². The van der Waals surface area contributed by atoms with Gasteiger partial charge in [-0.05, 0) is 59.9 Å². The number of hydrazone groups is 1. The second-order valence-corrected chi connectivity index (χ2v) is 7.04. The quantitative estimate of drug-likeness (QED) is 0.632. The molecule has 1 amide bonds. The maximum atomic E-state index is 12.1. The van der Waals surface area contributed by atoms with Crippen molar-refractivity contribution in [3.63, 3.8) is 0 Å². The van der Waals surface area contributed by atoms with Crippen molar-refractivity contribution in [2.24, 2.45) is 5.10 Å². The molecule has 0 saturated heterocycles. The van der Waals surface area contributed by atoms with Gasteiger partial charge in [-0.1, -0.05) is 32.9 Å². The van der Waals surface area contributed by atoms with E-state index in [1.165, 1.54) is 5.56 Å². The average Bonchev–Trinajstić information content (AvgIpc) is 2.62. The van der Waals surface area contributed by atoms with Crippen molar-refractivity contribution in [3.8, 4) is 11.5 Å². The summed E-state index contributed by atoms with van der Waals surface area (Å²) in [7, 11) is 1.61. The topological polar surface area (TPSA) is 59.9 Å². The summed E-state index contributed by atoms with van der Waals surface area (Å²) in [5.41, 5.74) is 4.64. The molecule has 0 aliphatic carbocycles. The van der Waals surface area contributed by atoms with E-state index in [2.05, 4.69) is 31.3 Å². The number of carbonyl (C=O) groups is 1. The predicted octanol–water partition coefficient (Wildman–Crippen LogP) is 3.91. The molecule has 0 heterocycles. The van der Waals surface area contributed by atoms with Gasteiger partial charge in [-0.25, -0.2) is 5.43 Å². The Hall–Kier alpha value is -2.82. The monoisotopic (exact) mass is 354 g/mol. The van der Waals surface area contributed by atoms with Crippen LogP contribution in [0.1, 0.15) is 38.8 Å². The molecule has 5 heteroatoms. The van der Waals surface area contributed by atoms with Crippen LogP contribution in [-0.2, 0) is 10.2 Å². The second kappa shape index (κ2) is 8.52. The molecule has 0 radical (unpaired) electrons. The number of benzene rings is 2. The zero-order chi connectivity index (χ0) is 19.2. The van der Waals surface area contributed by atoms with Crippen molar-refractivity contribution in [3.05, 3.63) is 59.7 Å². The molecule has 0 saturated carbocycles. The first-order valence-corrected chi connectivity index (χ1v) is 8.54. The van der Waals surface area contributed by atoms with Crippen LogP contribution in [0.4, 0.5) is 0 Å². The number of hydrogen-bond donors (Lipinski definition) is 1. The lowest BCUT2D eigenvalue weighted by Gasteiger charge is -2.19. The molecule has 0 fully saturated rings. The fourth-order valence-corrected chi connectivity index (χ4v) is 2.24. The maximum absolute atomic E-state index is 12.1. The van der Waals surface area contributed by atoms with Gasteiger partial charge in [0.05, 0.1) is 13.3 Å². The summed E-state index contributed by atoms with van der Waals surface area (Å²) in [5.74, 6) is 1.11. The predicted molar refractivity (Wildman–Crippen MR) is 104 cm³/mol. The van der Waals surface area contributed by atoms with E-state index in [9.17, 15) is 4.79 Å². The van der Waals surface area contributed by atoms with Gasteiger partial charge in [0, 0.05) is 0 Å². The number of methoxy groups -OCH3 is 1. The van der Waals surface area contributed by atoms with Crippen molar-refractivity contribution >= 4 is 12.1 Å². The summed E-state index contributed by atoms with van der Waals surface area (Å²) in [6, 6.07) is 15.2. The molecule has 2 rings (SSSR count). The minimum atomic E-state index is -0.650. The van der Waals surface area contributed by atoms with E-state index in [-0.39, 0.29) is 11.3 Å². The molecule has 0 aromatic heterocycles. The third-order valence-electron chi connectivity index (χ3n) is 3.91. The molecule has 138 valence electrons. The lowest BCUT2D eigenvalue weighted by atomic mass is 9.87. The molecule has 0 aliphatic heterocycles. The van der Waals surface area contributed by atoms with E-state index in [0.717, 1.165) is 11.3 Å². The van der Waals surface area contributed by atoms with Gasteiger partial charge in [0.2, 0.25) is 0 Å². The normalized spacial score (nSPS) is 12.7. The summed E-state index contributed by atoms with van der Waals surface area (Å²) in [6.45, 7) is 8.15. The Morgan fingerprint density at radius 2 is 1.62 bits per heavy atom. The van der Waals surface area contributed by atoms with Crippen LogP contribution in [0.2, 0.25) is 0 Å². The molecule has 0 spiro atoms. The molecule has 0 bridgehead atoms. The van der Waals surface area contributed by atoms with E-state index < -0.39 is 6.10 Å². The molecular formula is C21H26N2O3. The van der Waals surface area contributed by atoms with Crippen LogP contribution in [0.5, 0.6) is 11.5 Å². The van der Waals surface area contributed by atoms with Gasteiger partial charge in [0.25, 0.3) is 5.91 Å². The largest absolute Gasteiger partial charge is 0.497 e. The third-order valence-corrected chi connectivity index (χ3v) is 3.91. The molecule has 1 atom stereocenters. The molecule has 1 unspecified atom stereocenters.